The fraction of sp³-hybridized carbons (Fsp3) is 0.407. The normalized spacial score (nSPS) is 16.9. The number of hydrogen-bond donors (Lipinski definition) is 2. The SMILES string of the molecule is CCN1CCN(c2nc(-c3ccc(C4CCOCC4)nc3)cc3ccccc23)CC1.O=C(O)C(=O)O. The Morgan fingerprint density at radius 1 is 1.00 bits per heavy atom. The summed E-state index contributed by atoms with van der Waals surface area (Å²) in [6.45, 7) is 9.28. The summed E-state index contributed by atoms with van der Waals surface area (Å²) in [5, 5.41) is 17.3. The molecule has 190 valence electrons. The van der Waals surface area contributed by atoms with Crippen molar-refractivity contribution < 1.29 is 24.5 Å². The van der Waals surface area contributed by atoms with E-state index >= 15 is 0 Å². The van der Waals surface area contributed by atoms with Crippen LogP contribution in [0.4, 0.5) is 5.82 Å². The molecule has 9 heteroatoms. The van der Waals surface area contributed by atoms with Crippen molar-refractivity contribution in [3.05, 3.63) is 54.4 Å². The number of aromatic nitrogens is 2. The average molecular weight is 493 g/mol. The van der Waals surface area contributed by atoms with E-state index in [2.05, 4.69) is 59.2 Å². The molecule has 2 N–H and O–H groups in total. The van der Waals surface area contributed by atoms with Crippen molar-refractivity contribution in [2.45, 2.75) is 25.7 Å². The van der Waals surface area contributed by atoms with Gasteiger partial charge in [-0.3, -0.25) is 4.98 Å². The second kappa shape index (κ2) is 11.9. The summed E-state index contributed by atoms with van der Waals surface area (Å²) in [5.41, 5.74) is 3.27. The highest BCUT2D eigenvalue weighted by Gasteiger charge is 2.21. The van der Waals surface area contributed by atoms with Crippen LogP contribution in [0.3, 0.4) is 0 Å². The van der Waals surface area contributed by atoms with Gasteiger partial charge in [-0.1, -0.05) is 31.2 Å². The molecule has 3 aromatic rings. The van der Waals surface area contributed by atoms with Crippen LogP contribution in [0.5, 0.6) is 0 Å². The minimum absolute atomic E-state index is 0.516. The van der Waals surface area contributed by atoms with E-state index in [9.17, 15) is 0 Å². The largest absolute Gasteiger partial charge is 0.473 e. The fourth-order valence-corrected chi connectivity index (χ4v) is 4.64. The molecule has 2 aromatic heterocycles. The molecule has 0 atom stereocenters. The van der Waals surface area contributed by atoms with Crippen molar-refractivity contribution in [3.63, 3.8) is 0 Å². The summed E-state index contributed by atoms with van der Waals surface area (Å²) in [5.74, 6) is -2.03. The maximum atomic E-state index is 9.10. The Morgan fingerprint density at radius 2 is 1.69 bits per heavy atom. The molecule has 4 heterocycles. The molecule has 0 radical (unpaired) electrons. The van der Waals surface area contributed by atoms with Gasteiger partial charge in [0.15, 0.2) is 0 Å². The molecule has 2 fully saturated rings. The van der Waals surface area contributed by atoms with Gasteiger partial charge in [0, 0.05) is 68.2 Å². The lowest BCUT2D eigenvalue weighted by Gasteiger charge is -2.35. The van der Waals surface area contributed by atoms with Crippen LogP contribution in [0.15, 0.2) is 48.7 Å². The molecule has 1 aromatic carbocycles. The predicted octanol–water partition coefficient (Wildman–Crippen LogP) is 3.49. The number of nitrogens with zero attached hydrogens (tertiary/aromatic N) is 4. The highest BCUT2D eigenvalue weighted by atomic mass is 16.5. The number of fused-ring (bicyclic) bond motifs is 1. The monoisotopic (exact) mass is 492 g/mol. The number of carbonyl (C=O) groups is 2. The zero-order valence-electron chi connectivity index (χ0n) is 20.5. The van der Waals surface area contributed by atoms with Gasteiger partial charge in [-0.05, 0) is 43.0 Å². The number of likely N-dealkylation sites (N-methyl/N-ethyl adjacent to an activating group) is 1. The third kappa shape index (κ3) is 6.16. The first-order valence-electron chi connectivity index (χ1n) is 12.3. The summed E-state index contributed by atoms with van der Waals surface area (Å²) < 4.78 is 5.49. The maximum Gasteiger partial charge on any atom is 0.414 e. The maximum absolute atomic E-state index is 9.10. The molecular weight excluding hydrogens is 460 g/mol. The lowest BCUT2D eigenvalue weighted by molar-refractivity contribution is -0.159. The summed E-state index contributed by atoms with van der Waals surface area (Å²) >= 11 is 0. The molecule has 2 aliphatic rings. The Balaban J connectivity index is 0.000000455. The zero-order valence-corrected chi connectivity index (χ0v) is 20.5. The van der Waals surface area contributed by atoms with E-state index in [0.717, 1.165) is 75.9 Å². The molecule has 0 unspecified atom stereocenters. The highest BCUT2D eigenvalue weighted by Crippen LogP contribution is 2.32. The first-order chi connectivity index (χ1) is 17.5. The Morgan fingerprint density at radius 3 is 2.31 bits per heavy atom. The quantitative estimate of drug-likeness (QED) is 0.528. The Bertz CT molecular complexity index is 1170. The van der Waals surface area contributed by atoms with E-state index < -0.39 is 11.9 Å². The zero-order chi connectivity index (χ0) is 25.5. The lowest BCUT2D eigenvalue weighted by atomic mass is 9.95. The van der Waals surface area contributed by atoms with E-state index in [-0.39, 0.29) is 0 Å². The standard InChI is InChI=1S/C25H30N4O.C2H2O4/c1-2-28-11-13-29(14-12-28)25-22-6-4-3-5-20(22)17-24(27-25)21-7-8-23(26-18-21)19-9-15-30-16-10-19;3-1(4)2(5)6/h3-8,17-19H,2,9-16H2,1H3;(H,3,4)(H,5,6). The number of benzene rings is 1. The first kappa shape index (κ1) is 25.5. The van der Waals surface area contributed by atoms with Gasteiger partial charge >= 0.3 is 11.9 Å². The highest BCUT2D eigenvalue weighted by molar-refractivity contribution is 6.27. The fourth-order valence-electron chi connectivity index (χ4n) is 4.64. The van der Waals surface area contributed by atoms with Gasteiger partial charge < -0.3 is 24.7 Å². The predicted molar refractivity (Wildman–Crippen MR) is 137 cm³/mol. The van der Waals surface area contributed by atoms with Crippen molar-refractivity contribution in [1.29, 1.82) is 0 Å². The molecule has 0 amide bonds. The third-order valence-corrected chi connectivity index (χ3v) is 6.74. The van der Waals surface area contributed by atoms with Gasteiger partial charge in [-0.15, -0.1) is 0 Å². The Hall–Kier alpha value is -3.56. The van der Waals surface area contributed by atoms with Crippen LogP contribution in [-0.4, -0.2) is 83.0 Å². The second-order valence-electron chi connectivity index (χ2n) is 8.94. The number of hydrogen-bond acceptors (Lipinski definition) is 7. The van der Waals surface area contributed by atoms with Crippen molar-refractivity contribution >= 4 is 28.5 Å². The van der Waals surface area contributed by atoms with Gasteiger partial charge in [0.1, 0.15) is 5.82 Å². The number of carboxylic acids is 2. The number of rotatable bonds is 4. The van der Waals surface area contributed by atoms with Crippen LogP contribution in [0.2, 0.25) is 0 Å². The van der Waals surface area contributed by atoms with Crippen molar-refractivity contribution in [2.75, 3.05) is 50.8 Å². The van der Waals surface area contributed by atoms with Crippen LogP contribution < -0.4 is 4.90 Å². The molecule has 0 spiro atoms. The molecule has 0 bridgehead atoms. The minimum atomic E-state index is -1.82. The number of anilines is 1. The van der Waals surface area contributed by atoms with E-state index in [0.29, 0.717) is 5.92 Å². The van der Waals surface area contributed by atoms with E-state index in [1.165, 1.54) is 16.5 Å². The molecule has 0 saturated carbocycles. The number of pyridine rings is 2. The summed E-state index contributed by atoms with van der Waals surface area (Å²) in [4.78, 5) is 33.1. The minimum Gasteiger partial charge on any atom is -0.473 e. The number of ether oxygens (including phenoxy) is 1. The lowest BCUT2D eigenvalue weighted by Crippen LogP contribution is -2.46. The van der Waals surface area contributed by atoms with Crippen molar-refractivity contribution in [3.8, 4) is 11.3 Å². The van der Waals surface area contributed by atoms with Gasteiger partial charge in [0.05, 0.1) is 5.69 Å². The first-order valence-corrected chi connectivity index (χ1v) is 12.3. The van der Waals surface area contributed by atoms with Crippen LogP contribution in [0, 0.1) is 0 Å². The third-order valence-electron chi connectivity index (χ3n) is 6.74. The van der Waals surface area contributed by atoms with Gasteiger partial charge in [0.2, 0.25) is 0 Å². The van der Waals surface area contributed by atoms with Crippen molar-refractivity contribution in [1.82, 2.24) is 14.9 Å². The topological polar surface area (TPSA) is 116 Å². The molecule has 0 aliphatic carbocycles. The van der Waals surface area contributed by atoms with Gasteiger partial charge in [-0.2, -0.15) is 0 Å². The molecule has 5 rings (SSSR count). The van der Waals surface area contributed by atoms with Crippen LogP contribution in [0.1, 0.15) is 31.4 Å². The average Bonchev–Trinajstić information content (AvgIpc) is 2.93. The van der Waals surface area contributed by atoms with Gasteiger partial charge in [0.25, 0.3) is 0 Å². The Kier molecular flexibility index (Phi) is 8.45. The van der Waals surface area contributed by atoms with Crippen LogP contribution in [-0.2, 0) is 14.3 Å². The molecular formula is C27H32N4O5. The molecule has 2 saturated heterocycles. The van der Waals surface area contributed by atoms with Crippen LogP contribution in [0.25, 0.3) is 22.0 Å². The molecule has 2 aliphatic heterocycles. The smallest absolute Gasteiger partial charge is 0.414 e. The molecule has 36 heavy (non-hydrogen) atoms. The second-order valence-corrected chi connectivity index (χ2v) is 8.94. The summed E-state index contributed by atoms with van der Waals surface area (Å²) in [6, 6.07) is 15.2. The van der Waals surface area contributed by atoms with E-state index in [4.69, 9.17) is 34.5 Å². The number of piperazine rings is 1. The molecule has 9 nitrogen and oxygen atoms in total. The summed E-state index contributed by atoms with van der Waals surface area (Å²) in [6.07, 6.45) is 4.13. The van der Waals surface area contributed by atoms with Crippen LogP contribution >= 0.6 is 0 Å². The summed E-state index contributed by atoms with van der Waals surface area (Å²) in [7, 11) is 0. The number of aliphatic carboxylic acids is 2. The van der Waals surface area contributed by atoms with Crippen molar-refractivity contribution in [2.24, 2.45) is 0 Å². The Labute approximate surface area is 210 Å². The van der Waals surface area contributed by atoms with E-state index in [1.807, 2.05) is 6.20 Å². The van der Waals surface area contributed by atoms with Gasteiger partial charge in [-0.25, -0.2) is 14.6 Å². The number of carboxylic acid groups (broad SMARTS) is 2. The van der Waals surface area contributed by atoms with E-state index in [1.54, 1.807) is 0 Å².